The molecule has 0 aliphatic carbocycles. The molecule has 0 saturated carbocycles. The highest BCUT2D eigenvalue weighted by atomic mass is 16.5. The van der Waals surface area contributed by atoms with Gasteiger partial charge in [0.05, 0.1) is 6.04 Å². The molecule has 1 fully saturated rings. The summed E-state index contributed by atoms with van der Waals surface area (Å²) >= 11 is 0. The van der Waals surface area contributed by atoms with Crippen LogP contribution in [0, 0.1) is 5.92 Å². The maximum Gasteiger partial charge on any atom is 0.408 e. The lowest BCUT2D eigenvalue weighted by molar-refractivity contribution is -0.140. The van der Waals surface area contributed by atoms with E-state index in [2.05, 4.69) is 16.0 Å². The third-order valence-electron chi connectivity index (χ3n) is 4.75. The molecule has 0 aromatic heterocycles. The third-order valence-corrected chi connectivity index (χ3v) is 4.75. The molecule has 1 aromatic carbocycles. The second-order valence-corrected chi connectivity index (χ2v) is 7.46. The number of carbonyl (C=O) groups excluding carboxylic acids is 4. The number of amides is 3. The maximum atomic E-state index is 12.7. The van der Waals surface area contributed by atoms with E-state index in [1.165, 1.54) is 0 Å². The van der Waals surface area contributed by atoms with Crippen LogP contribution in [0.5, 0.6) is 0 Å². The van der Waals surface area contributed by atoms with Crippen molar-refractivity contribution < 1.29 is 23.9 Å². The Morgan fingerprint density at radius 1 is 1.14 bits per heavy atom. The minimum Gasteiger partial charge on any atom is -0.445 e. The summed E-state index contributed by atoms with van der Waals surface area (Å²) in [5.41, 5.74) is 0.829. The molecule has 1 heterocycles. The van der Waals surface area contributed by atoms with E-state index in [1.807, 2.05) is 30.3 Å². The molecule has 2 rings (SSSR count). The Hall–Kier alpha value is -2.90. The molecule has 0 radical (unpaired) electrons. The first-order chi connectivity index (χ1) is 13.9. The summed E-state index contributed by atoms with van der Waals surface area (Å²) in [7, 11) is 0. The lowest BCUT2D eigenvalue weighted by Crippen LogP contribution is -2.55. The highest BCUT2D eigenvalue weighted by Crippen LogP contribution is 2.10. The SMILES string of the molecule is CC(C)C(NC(=O)OCc1ccccc1)C(=O)NC1CCCCCNC(=O)C1=O. The van der Waals surface area contributed by atoms with Crippen LogP contribution in [0.4, 0.5) is 4.79 Å². The monoisotopic (exact) mass is 403 g/mol. The summed E-state index contributed by atoms with van der Waals surface area (Å²) in [6, 6.07) is 7.41. The fraction of sp³-hybridized carbons (Fsp3) is 0.524. The van der Waals surface area contributed by atoms with Gasteiger partial charge in [0.15, 0.2) is 0 Å². The molecule has 8 heteroatoms. The fourth-order valence-electron chi connectivity index (χ4n) is 3.05. The second-order valence-electron chi connectivity index (χ2n) is 7.46. The molecule has 0 bridgehead atoms. The number of hydrogen-bond acceptors (Lipinski definition) is 5. The van der Waals surface area contributed by atoms with Gasteiger partial charge in [-0.2, -0.15) is 0 Å². The standard InChI is InChI=1S/C21H29N3O5/c1-14(2)17(24-21(28)29-13-15-9-5-3-6-10-15)19(26)23-16-11-7-4-8-12-22-20(27)18(16)25/h3,5-6,9-10,14,16-17H,4,7-8,11-13H2,1-2H3,(H,22,27)(H,23,26)(H,24,28). The van der Waals surface area contributed by atoms with Gasteiger partial charge in [-0.1, -0.05) is 57.0 Å². The Kier molecular flexibility index (Phi) is 8.64. The minimum absolute atomic E-state index is 0.0837. The molecule has 158 valence electrons. The molecule has 2 unspecified atom stereocenters. The highest BCUT2D eigenvalue weighted by molar-refractivity contribution is 6.38. The highest BCUT2D eigenvalue weighted by Gasteiger charge is 2.31. The van der Waals surface area contributed by atoms with Crippen LogP contribution in [0.2, 0.25) is 0 Å². The number of nitrogens with one attached hydrogen (secondary N) is 3. The number of alkyl carbamates (subject to hydrolysis) is 1. The summed E-state index contributed by atoms with van der Waals surface area (Å²) < 4.78 is 5.18. The smallest absolute Gasteiger partial charge is 0.408 e. The maximum absolute atomic E-state index is 12.7. The molecule has 3 N–H and O–H groups in total. The van der Waals surface area contributed by atoms with Crippen molar-refractivity contribution in [1.82, 2.24) is 16.0 Å². The Morgan fingerprint density at radius 3 is 2.55 bits per heavy atom. The van der Waals surface area contributed by atoms with Gasteiger partial charge in [-0.25, -0.2) is 4.79 Å². The number of ketones is 1. The van der Waals surface area contributed by atoms with Gasteiger partial charge >= 0.3 is 6.09 Å². The van der Waals surface area contributed by atoms with E-state index in [0.29, 0.717) is 13.0 Å². The first kappa shape index (κ1) is 22.4. The Morgan fingerprint density at radius 2 is 1.86 bits per heavy atom. The van der Waals surface area contributed by atoms with Crippen LogP contribution in [0.1, 0.15) is 45.1 Å². The molecule has 1 saturated heterocycles. The molecule has 0 spiro atoms. The molecule has 2 atom stereocenters. The quantitative estimate of drug-likeness (QED) is 0.626. The average Bonchev–Trinajstić information content (AvgIpc) is 2.78. The van der Waals surface area contributed by atoms with Crippen LogP contribution in [-0.4, -0.2) is 42.3 Å². The molecule has 1 aromatic rings. The van der Waals surface area contributed by atoms with Crippen molar-refractivity contribution in [1.29, 1.82) is 0 Å². The first-order valence-corrected chi connectivity index (χ1v) is 9.98. The van der Waals surface area contributed by atoms with E-state index in [0.717, 1.165) is 24.8 Å². The van der Waals surface area contributed by atoms with Crippen molar-refractivity contribution in [2.24, 2.45) is 5.92 Å². The van der Waals surface area contributed by atoms with E-state index < -0.39 is 35.8 Å². The van der Waals surface area contributed by atoms with Gasteiger partial charge in [0, 0.05) is 6.54 Å². The van der Waals surface area contributed by atoms with Crippen LogP contribution in [0.25, 0.3) is 0 Å². The summed E-state index contributed by atoms with van der Waals surface area (Å²) in [5.74, 6) is -2.09. The van der Waals surface area contributed by atoms with Gasteiger partial charge in [-0.3, -0.25) is 14.4 Å². The van der Waals surface area contributed by atoms with E-state index >= 15 is 0 Å². The van der Waals surface area contributed by atoms with Gasteiger partial charge in [0.1, 0.15) is 12.6 Å². The van der Waals surface area contributed by atoms with E-state index in [4.69, 9.17) is 4.74 Å². The fourth-order valence-corrected chi connectivity index (χ4v) is 3.05. The van der Waals surface area contributed by atoms with Gasteiger partial charge in [-0.05, 0) is 24.3 Å². The minimum atomic E-state index is -0.899. The Bertz CT molecular complexity index is 720. The number of ether oxygens (including phenoxy) is 1. The summed E-state index contributed by atoms with van der Waals surface area (Å²) in [4.78, 5) is 49.1. The number of rotatable bonds is 6. The molecule has 8 nitrogen and oxygen atoms in total. The van der Waals surface area contributed by atoms with E-state index in [1.54, 1.807) is 13.8 Å². The molecule has 1 aliphatic heterocycles. The van der Waals surface area contributed by atoms with Crippen molar-refractivity contribution >= 4 is 23.7 Å². The lowest BCUT2D eigenvalue weighted by Gasteiger charge is -2.24. The van der Waals surface area contributed by atoms with Crippen molar-refractivity contribution in [3.8, 4) is 0 Å². The van der Waals surface area contributed by atoms with Crippen LogP contribution >= 0.6 is 0 Å². The van der Waals surface area contributed by atoms with Crippen LogP contribution in [0.15, 0.2) is 30.3 Å². The molecule has 29 heavy (non-hydrogen) atoms. The third kappa shape index (κ3) is 7.21. The topological polar surface area (TPSA) is 114 Å². The zero-order valence-electron chi connectivity index (χ0n) is 16.9. The number of hydrogen-bond donors (Lipinski definition) is 3. The Labute approximate surface area is 170 Å². The van der Waals surface area contributed by atoms with Crippen molar-refractivity contribution in [3.05, 3.63) is 35.9 Å². The number of Topliss-reactive ketones (excluding diaryl/α,β-unsaturated/α-hetero) is 1. The molecular formula is C21H29N3O5. The zero-order valence-corrected chi connectivity index (χ0v) is 16.9. The Balaban J connectivity index is 1.95. The predicted octanol–water partition coefficient (Wildman–Crippen LogP) is 1.68. The first-order valence-electron chi connectivity index (χ1n) is 9.98. The number of carbonyl (C=O) groups is 4. The summed E-state index contributed by atoms with van der Waals surface area (Å²) in [5, 5.41) is 7.76. The van der Waals surface area contributed by atoms with E-state index in [9.17, 15) is 19.2 Å². The van der Waals surface area contributed by atoms with Gasteiger partial charge in [0.25, 0.3) is 5.91 Å². The molecule has 1 aliphatic rings. The van der Waals surface area contributed by atoms with Gasteiger partial charge in [0.2, 0.25) is 11.7 Å². The summed E-state index contributed by atoms with van der Waals surface area (Å²) in [6.07, 6.45) is 2.05. The average molecular weight is 403 g/mol. The van der Waals surface area contributed by atoms with Gasteiger partial charge < -0.3 is 20.7 Å². The van der Waals surface area contributed by atoms with E-state index in [-0.39, 0.29) is 12.5 Å². The molecular weight excluding hydrogens is 374 g/mol. The number of benzene rings is 1. The van der Waals surface area contributed by atoms with Crippen LogP contribution < -0.4 is 16.0 Å². The molecule has 3 amide bonds. The van der Waals surface area contributed by atoms with Gasteiger partial charge in [-0.15, -0.1) is 0 Å². The predicted molar refractivity (Wildman–Crippen MR) is 107 cm³/mol. The van der Waals surface area contributed by atoms with Crippen LogP contribution in [0.3, 0.4) is 0 Å². The normalized spacial score (nSPS) is 18.7. The van der Waals surface area contributed by atoms with Crippen molar-refractivity contribution in [2.75, 3.05) is 6.54 Å². The zero-order chi connectivity index (χ0) is 21.2. The largest absolute Gasteiger partial charge is 0.445 e. The van der Waals surface area contributed by atoms with Crippen molar-refractivity contribution in [2.45, 2.75) is 58.2 Å². The lowest BCUT2D eigenvalue weighted by atomic mass is 10.0. The van der Waals surface area contributed by atoms with Crippen molar-refractivity contribution in [3.63, 3.8) is 0 Å². The van der Waals surface area contributed by atoms with Crippen LogP contribution in [-0.2, 0) is 25.7 Å². The second kappa shape index (κ2) is 11.2. The summed E-state index contributed by atoms with van der Waals surface area (Å²) in [6.45, 7) is 4.09.